The molecule has 0 spiro atoms. The first kappa shape index (κ1) is 21.6. The van der Waals surface area contributed by atoms with E-state index in [1.54, 1.807) is 6.92 Å². The number of benzene rings is 2. The highest BCUT2D eigenvalue weighted by atomic mass is 16.5. The number of anilines is 1. The van der Waals surface area contributed by atoms with Gasteiger partial charge in [-0.1, -0.05) is 13.0 Å². The highest BCUT2D eigenvalue weighted by molar-refractivity contribution is 5.68. The minimum Gasteiger partial charge on any atom is -0.464 e. The minimum absolute atomic E-state index is 0.166. The zero-order valence-electron chi connectivity index (χ0n) is 17.6. The van der Waals surface area contributed by atoms with Crippen LogP contribution in [0.25, 0.3) is 0 Å². The number of carbonyl (C=O) groups excluding carboxylic acids is 1. The molecule has 0 saturated heterocycles. The molecule has 0 aliphatic heterocycles. The van der Waals surface area contributed by atoms with Crippen molar-refractivity contribution >= 4 is 28.7 Å². The smallest absolute Gasteiger partial charge is 0.305 e. The number of quaternary nitrogens is 1. The Balaban J connectivity index is 2.01. The van der Waals surface area contributed by atoms with Crippen LogP contribution in [-0.4, -0.2) is 46.8 Å². The van der Waals surface area contributed by atoms with Gasteiger partial charge < -0.3 is 9.64 Å². The maximum absolute atomic E-state index is 11.3. The molecule has 0 aromatic heterocycles. The Morgan fingerprint density at radius 2 is 1.68 bits per heavy atom. The molecule has 0 amide bonds. The number of azo groups is 1. The molecule has 6 heteroatoms. The molecule has 6 nitrogen and oxygen atoms in total. The van der Waals surface area contributed by atoms with Crippen molar-refractivity contribution in [2.45, 2.75) is 20.3 Å². The molecule has 0 bridgehead atoms. The predicted molar refractivity (Wildman–Crippen MR) is 116 cm³/mol. The number of ether oxygens (including phenoxy) is 1. The fourth-order valence-corrected chi connectivity index (χ4v) is 2.66. The fraction of sp³-hybridized carbons (Fsp3) is 0.409. The summed E-state index contributed by atoms with van der Waals surface area (Å²) in [5, 5.41) is 8.72. The lowest BCUT2D eigenvalue weighted by Crippen LogP contribution is -2.34. The summed E-state index contributed by atoms with van der Waals surface area (Å²) < 4.78 is 5.91. The van der Waals surface area contributed by atoms with Crippen LogP contribution in [-0.2, 0) is 9.53 Å². The molecule has 2 aromatic rings. The molecule has 150 valence electrons. The van der Waals surface area contributed by atoms with E-state index in [-0.39, 0.29) is 5.97 Å². The van der Waals surface area contributed by atoms with Crippen LogP contribution in [0, 0.1) is 0 Å². The Kier molecular flexibility index (Phi) is 7.70. The normalized spacial score (nSPS) is 11.6. The molecule has 0 saturated carbocycles. The van der Waals surface area contributed by atoms with E-state index < -0.39 is 0 Å². The van der Waals surface area contributed by atoms with E-state index in [1.165, 1.54) is 5.69 Å². The van der Waals surface area contributed by atoms with Gasteiger partial charge in [-0.05, 0) is 43.3 Å². The standard InChI is InChI=1S/C22H31N4O2/c1-6-22(27)28-16-15-25(7-2)20-13-11-18(12-14-20)23-24-19-9-8-10-21(17-19)26(3,4)5/h8-14,17H,6-7,15-16H2,1-5H3/q+1. The van der Waals surface area contributed by atoms with E-state index in [0.717, 1.165) is 28.1 Å². The molecule has 0 aliphatic carbocycles. The summed E-state index contributed by atoms with van der Waals surface area (Å²) in [7, 11) is 6.37. The van der Waals surface area contributed by atoms with Crippen LogP contribution in [0.3, 0.4) is 0 Å². The summed E-state index contributed by atoms with van der Waals surface area (Å²) in [5.41, 5.74) is 3.88. The lowest BCUT2D eigenvalue weighted by atomic mass is 10.2. The van der Waals surface area contributed by atoms with Crippen LogP contribution in [0.2, 0.25) is 0 Å². The number of rotatable bonds is 9. The van der Waals surface area contributed by atoms with Crippen molar-refractivity contribution < 1.29 is 9.53 Å². The summed E-state index contributed by atoms with van der Waals surface area (Å²) in [6, 6.07) is 16.0. The summed E-state index contributed by atoms with van der Waals surface area (Å²) in [6.45, 7) is 5.77. The van der Waals surface area contributed by atoms with Crippen LogP contribution >= 0.6 is 0 Å². The third-order valence-corrected chi connectivity index (χ3v) is 4.39. The molecular formula is C22H31N4O2+. The number of carbonyl (C=O) groups is 1. The SMILES string of the molecule is CCC(=O)OCCN(CC)c1ccc(N=Nc2cccc([N+](C)(C)C)c2)cc1. The number of hydrogen-bond acceptors (Lipinski definition) is 5. The molecule has 0 unspecified atom stereocenters. The number of nitrogens with zero attached hydrogens (tertiary/aromatic N) is 4. The molecule has 2 rings (SSSR count). The van der Waals surface area contributed by atoms with E-state index in [4.69, 9.17) is 4.74 Å². The average Bonchev–Trinajstić information content (AvgIpc) is 2.69. The maximum atomic E-state index is 11.3. The van der Waals surface area contributed by atoms with Crippen LogP contribution in [0.15, 0.2) is 58.8 Å². The molecule has 2 aromatic carbocycles. The van der Waals surface area contributed by atoms with Crippen LogP contribution in [0.1, 0.15) is 20.3 Å². The third-order valence-electron chi connectivity index (χ3n) is 4.39. The summed E-state index contributed by atoms with van der Waals surface area (Å²) in [5.74, 6) is -0.166. The second kappa shape index (κ2) is 9.99. The molecule has 0 heterocycles. The summed E-state index contributed by atoms with van der Waals surface area (Å²) in [6.07, 6.45) is 0.406. The van der Waals surface area contributed by atoms with Crippen molar-refractivity contribution in [1.82, 2.24) is 4.48 Å². The van der Waals surface area contributed by atoms with Gasteiger partial charge in [0.2, 0.25) is 0 Å². The molecule has 0 atom stereocenters. The molecular weight excluding hydrogens is 352 g/mol. The zero-order valence-corrected chi connectivity index (χ0v) is 17.6. The topological polar surface area (TPSA) is 54.3 Å². The van der Waals surface area contributed by atoms with Crippen LogP contribution in [0.5, 0.6) is 0 Å². The zero-order chi connectivity index (χ0) is 20.6. The first-order valence-corrected chi connectivity index (χ1v) is 9.68. The lowest BCUT2D eigenvalue weighted by molar-refractivity contribution is -0.142. The van der Waals surface area contributed by atoms with Gasteiger partial charge in [-0.2, -0.15) is 10.2 Å². The Labute approximate surface area is 168 Å². The van der Waals surface area contributed by atoms with Gasteiger partial charge >= 0.3 is 5.97 Å². The second-order valence-corrected chi connectivity index (χ2v) is 7.40. The Bertz CT molecular complexity index is 795. The average molecular weight is 384 g/mol. The van der Waals surface area contributed by atoms with Gasteiger partial charge in [0.1, 0.15) is 12.3 Å². The van der Waals surface area contributed by atoms with Crippen molar-refractivity contribution in [1.29, 1.82) is 0 Å². The van der Waals surface area contributed by atoms with Crippen molar-refractivity contribution in [3.05, 3.63) is 48.5 Å². The maximum Gasteiger partial charge on any atom is 0.305 e. The quantitative estimate of drug-likeness (QED) is 0.345. The van der Waals surface area contributed by atoms with Gasteiger partial charge in [0, 0.05) is 24.7 Å². The van der Waals surface area contributed by atoms with Gasteiger partial charge in [-0.3, -0.25) is 9.28 Å². The van der Waals surface area contributed by atoms with Gasteiger partial charge in [0.05, 0.1) is 39.1 Å². The molecule has 0 N–H and O–H groups in total. The highest BCUT2D eigenvalue weighted by Gasteiger charge is 2.12. The summed E-state index contributed by atoms with van der Waals surface area (Å²) >= 11 is 0. The molecule has 0 aliphatic rings. The van der Waals surface area contributed by atoms with Gasteiger partial charge in [-0.15, -0.1) is 0 Å². The van der Waals surface area contributed by atoms with E-state index >= 15 is 0 Å². The second-order valence-electron chi connectivity index (χ2n) is 7.40. The van der Waals surface area contributed by atoms with Crippen molar-refractivity contribution in [2.24, 2.45) is 10.2 Å². The van der Waals surface area contributed by atoms with Crippen molar-refractivity contribution in [2.75, 3.05) is 45.7 Å². The Hall–Kier alpha value is -2.73. The van der Waals surface area contributed by atoms with Crippen LogP contribution < -0.4 is 9.38 Å². The van der Waals surface area contributed by atoms with Crippen molar-refractivity contribution in [3.8, 4) is 0 Å². The monoisotopic (exact) mass is 383 g/mol. The van der Waals surface area contributed by atoms with E-state index in [0.29, 0.717) is 19.6 Å². The largest absolute Gasteiger partial charge is 0.464 e. The minimum atomic E-state index is -0.166. The first-order chi connectivity index (χ1) is 13.3. The molecule has 0 fully saturated rings. The van der Waals surface area contributed by atoms with Gasteiger partial charge in [0.15, 0.2) is 0 Å². The Morgan fingerprint density at radius 3 is 2.29 bits per heavy atom. The first-order valence-electron chi connectivity index (χ1n) is 9.68. The molecule has 28 heavy (non-hydrogen) atoms. The Morgan fingerprint density at radius 1 is 1.00 bits per heavy atom. The molecule has 0 radical (unpaired) electrons. The van der Waals surface area contributed by atoms with E-state index in [2.05, 4.69) is 49.3 Å². The number of esters is 1. The van der Waals surface area contributed by atoms with E-state index in [9.17, 15) is 4.79 Å². The van der Waals surface area contributed by atoms with Crippen LogP contribution in [0.4, 0.5) is 22.7 Å². The number of hydrogen-bond donors (Lipinski definition) is 0. The third kappa shape index (κ3) is 6.46. The van der Waals surface area contributed by atoms with Gasteiger partial charge in [0.25, 0.3) is 0 Å². The fourth-order valence-electron chi connectivity index (χ4n) is 2.66. The highest BCUT2D eigenvalue weighted by Crippen LogP contribution is 2.26. The van der Waals surface area contributed by atoms with Gasteiger partial charge in [-0.25, -0.2) is 0 Å². The lowest BCUT2D eigenvalue weighted by Gasteiger charge is -2.23. The summed E-state index contributed by atoms with van der Waals surface area (Å²) in [4.78, 5) is 13.4. The van der Waals surface area contributed by atoms with Crippen molar-refractivity contribution in [3.63, 3.8) is 0 Å². The predicted octanol–water partition coefficient (Wildman–Crippen LogP) is 5.08. The van der Waals surface area contributed by atoms with E-state index in [1.807, 2.05) is 42.5 Å². The number of likely N-dealkylation sites (N-methyl/N-ethyl adjacent to an activating group) is 1.